The summed E-state index contributed by atoms with van der Waals surface area (Å²) >= 11 is 0. The van der Waals surface area contributed by atoms with Gasteiger partial charge in [-0.1, -0.05) is 0 Å². The highest BCUT2D eigenvalue weighted by Crippen LogP contribution is 2.30. The molecule has 2 amide bonds. The molecule has 0 aliphatic carbocycles. The lowest BCUT2D eigenvalue weighted by molar-refractivity contribution is -0.137. The molecule has 0 saturated carbocycles. The Bertz CT molecular complexity index is 488. The lowest BCUT2D eigenvalue weighted by Crippen LogP contribution is -2.33. The molecule has 1 aliphatic rings. The molecule has 1 aliphatic heterocycles. The van der Waals surface area contributed by atoms with Crippen molar-refractivity contribution in [1.29, 1.82) is 0 Å². The molecule has 1 heterocycles. The van der Waals surface area contributed by atoms with Crippen LogP contribution in [0.5, 0.6) is 0 Å². The van der Waals surface area contributed by atoms with Gasteiger partial charge in [0.25, 0.3) is 0 Å². The topological polar surface area (TPSA) is 52.6 Å². The molecule has 0 spiro atoms. The van der Waals surface area contributed by atoms with Gasteiger partial charge < -0.3 is 15.3 Å². The average molecular weight is 302 g/mol. The Hall–Kier alpha value is -1.76. The molecule has 0 unspecified atom stereocenters. The van der Waals surface area contributed by atoms with Gasteiger partial charge in [0.1, 0.15) is 0 Å². The minimum absolute atomic E-state index is 0.0963. The number of nitrogens with zero attached hydrogens (tertiary/aromatic N) is 1. The van der Waals surface area contributed by atoms with Gasteiger partial charge in [-0.25, -0.2) is 4.79 Å². The van der Waals surface area contributed by atoms with E-state index >= 15 is 0 Å². The third-order valence-electron chi connectivity index (χ3n) is 3.57. The molecule has 1 atom stereocenters. The number of carbonyl (C=O) groups excluding carboxylic acids is 1. The molecule has 2 rings (SSSR count). The molecule has 0 radical (unpaired) electrons. The fourth-order valence-corrected chi connectivity index (χ4v) is 2.38. The van der Waals surface area contributed by atoms with E-state index in [-0.39, 0.29) is 18.6 Å². The number of likely N-dealkylation sites (tertiary alicyclic amines) is 1. The highest BCUT2D eigenvalue weighted by atomic mass is 19.4. The highest BCUT2D eigenvalue weighted by molar-refractivity contribution is 5.89. The van der Waals surface area contributed by atoms with Crippen LogP contribution in [0.3, 0.4) is 0 Å². The van der Waals surface area contributed by atoms with Crippen molar-refractivity contribution in [2.45, 2.75) is 19.0 Å². The van der Waals surface area contributed by atoms with E-state index in [9.17, 15) is 18.0 Å². The summed E-state index contributed by atoms with van der Waals surface area (Å²) in [7, 11) is 0. The predicted octanol–water partition coefficient (Wildman–Crippen LogP) is 2.94. The fraction of sp³-hybridized carbons (Fsp3) is 0.500. The Kier molecular flexibility index (Phi) is 4.72. The summed E-state index contributed by atoms with van der Waals surface area (Å²) in [6.45, 7) is 1.25. The first kappa shape index (κ1) is 15.6. The van der Waals surface area contributed by atoms with Crippen molar-refractivity contribution < 1.29 is 23.1 Å². The summed E-state index contributed by atoms with van der Waals surface area (Å²) in [6.07, 6.45) is -2.89. The zero-order valence-electron chi connectivity index (χ0n) is 11.4. The number of benzene rings is 1. The van der Waals surface area contributed by atoms with Gasteiger partial charge in [-0.3, -0.25) is 0 Å². The van der Waals surface area contributed by atoms with Gasteiger partial charge in [0.05, 0.1) is 5.56 Å². The van der Waals surface area contributed by atoms with Gasteiger partial charge in [-0.15, -0.1) is 0 Å². The number of aliphatic hydroxyl groups is 1. The number of anilines is 1. The van der Waals surface area contributed by atoms with Crippen molar-refractivity contribution >= 4 is 11.7 Å². The van der Waals surface area contributed by atoms with Crippen LogP contribution < -0.4 is 5.32 Å². The molecule has 2 N–H and O–H groups in total. The van der Waals surface area contributed by atoms with Crippen LogP contribution in [0.15, 0.2) is 24.3 Å². The summed E-state index contributed by atoms with van der Waals surface area (Å²) in [5.41, 5.74) is -0.414. The number of hydrogen-bond donors (Lipinski definition) is 2. The predicted molar refractivity (Wildman–Crippen MR) is 71.8 cm³/mol. The Labute approximate surface area is 120 Å². The lowest BCUT2D eigenvalue weighted by Gasteiger charge is -2.17. The number of halogens is 3. The van der Waals surface area contributed by atoms with E-state index in [0.29, 0.717) is 25.2 Å². The van der Waals surface area contributed by atoms with Gasteiger partial charge in [0, 0.05) is 25.4 Å². The Balaban J connectivity index is 1.91. The smallest absolute Gasteiger partial charge is 0.396 e. The SMILES string of the molecule is O=C(Nc1ccc(C(F)(F)F)cc1)N1CC[C@H](CCO)C1. The van der Waals surface area contributed by atoms with Crippen LogP contribution >= 0.6 is 0 Å². The van der Waals surface area contributed by atoms with Crippen LogP contribution in [-0.4, -0.2) is 35.7 Å². The molecular formula is C14H17F3N2O2. The summed E-state index contributed by atoms with van der Waals surface area (Å²) < 4.78 is 37.3. The van der Waals surface area contributed by atoms with Crippen molar-refractivity contribution in [1.82, 2.24) is 4.90 Å². The van der Waals surface area contributed by atoms with Crippen LogP contribution in [-0.2, 0) is 6.18 Å². The standard InChI is InChI=1S/C14H17F3N2O2/c15-14(16,17)11-1-3-12(4-2-11)18-13(21)19-7-5-10(9-19)6-8-20/h1-4,10,20H,5-9H2,(H,18,21)/t10-/m1/s1. The second-order valence-corrected chi connectivity index (χ2v) is 5.12. The fourth-order valence-electron chi connectivity index (χ4n) is 2.38. The Morgan fingerprint density at radius 3 is 2.57 bits per heavy atom. The summed E-state index contributed by atoms with van der Waals surface area (Å²) in [4.78, 5) is 13.6. The third kappa shape index (κ3) is 4.10. The van der Waals surface area contributed by atoms with E-state index in [1.165, 1.54) is 12.1 Å². The molecule has 0 aromatic heterocycles. The van der Waals surface area contributed by atoms with E-state index < -0.39 is 11.7 Å². The molecule has 1 fully saturated rings. The van der Waals surface area contributed by atoms with Crippen molar-refractivity contribution in [3.63, 3.8) is 0 Å². The van der Waals surface area contributed by atoms with E-state index in [0.717, 1.165) is 18.6 Å². The summed E-state index contributed by atoms with van der Waals surface area (Å²) in [5.74, 6) is 0.286. The van der Waals surface area contributed by atoms with Crippen LogP contribution in [0.25, 0.3) is 0 Å². The van der Waals surface area contributed by atoms with Crippen LogP contribution in [0.1, 0.15) is 18.4 Å². The molecule has 116 valence electrons. The lowest BCUT2D eigenvalue weighted by atomic mass is 10.1. The number of urea groups is 1. The molecule has 4 nitrogen and oxygen atoms in total. The second kappa shape index (κ2) is 6.34. The van der Waals surface area contributed by atoms with E-state index in [4.69, 9.17) is 5.11 Å². The molecule has 0 bridgehead atoms. The zero-order chi connectivity index (χ0) is 15.5. The quantitative estimate of drug-likeness (QED) is 0.902. The summed E-state index contributed by atoms with van der Waals surface area (Å²) in [6, 6.07) is 4.03. The van der Waals surface area contributed by atoms with E-state index in [2.05, 4.69) is 5.32 Å². The van der Waals surface area contributed by atoms with Crippen molar-refractivity contribution in [2.24, 2.45) is 5.92 Å². The largest absolute Gasteiger partial charge is 0.416 e. The minimum atomic E-state index is -4.38. The van der Waals surface area contributed by atoms with Crippen molar-refractivity contribution in [3.8, 4) is 0 Å². The van der Waals surface area contributed by atoms with Crippen LogP contribution in [0.4, 0.5) is 23.7 Å². The number of amides is 2. The molecular weight excluding hydrogens is 285 g/mol. The average Bonchev–Trinajstić information content (AvgIpc) is 2.87. The number of nitrogens with one attached hydrogen (secondary N) is 1. The number of rotatable bonds is 3. The van der Waals surface area contributed by atoms with E-state index in [1.54, 1.807) is 4.90 Å². The molecule has 21 heavy (non-hydrogen) atoms. The molecule has 7 heteroatoms. The number of alkyl halides is 3. The molecule has 1 saturated heterocycles. The van der Waals surface area contributed by atoms with Crippen LogP contribution in [0.2, 0.25) is 0 Å². The first-order valence-corrected chi connectivity index (χ1v) is 6.74. The monoisotopic (exact) mass is 302 g/mol. The third-order valence-corrected chi connectivity index (χ3v) is 3.57. The highest BCUT2D eigenvalue weighted by Gasteiger charge is 2.30. The van der Waals surface area contributed by atoms with E-state index in [1.807, 2.05) is 0 Å². The zero-order valence-corrected chi connectivity index (χ0v) is 11.4. The first-order valence-electron chi connectivity index (χ1n) is 6.74. The summed E-state index contributed by atoms with van der Waals surface area (Å²) in [5, 5.41) is 11.4. The van der Waals surface area contributed by atoms with Gasteiger partial charge in [-0.05, 0) is 43.0 Å². The van der Waals surface area contributed by atoms with Gasteiger partial charge in [0.15, 0.2) is 0 Å². The maximum Gasteiger partial charge on any atom is 0.416 e. The van der Waals surface area contributed by atoms with Gasteiger partial charge in [-0.2, -0.15) is 13.2 Å². The number of aliphatic hydroxyl groups excluding tert-OH is 1. The van der Waals surface area contributed by atoms with Crippen LogP contribution in [0, 0.1) is 5.92 Å². The maximum absolute atomic E-state index is 12.4. The first-order chi connectivity index (χ1) is 9.90. The molecule has 1 aromatic carbocycles. The normalized spacial score (nSPS) is 18.9. The minimum Gasteiger partial charge on any atom is -0.396 e. The van der Waals surface area contributed by atoms with Crippen molar-refractivity contribution in [3.05, 3.63) is 29.8 Å². The number of carbonyl (C=O) groups is 1. The second-order valence-electron chi connectivity index (χ2n) is 5.12. The van der Waals surface area contributed by atoms with Gasteiger partial charge in [0.2, 0.25) is 0 Å². The Morgan fingerprint density at radius 2 is 2.00 bits per heavy atom. The van der Waals surface area contributed by atoms with Crippen molar-refractivity contribution in [2.75, 3.05) is 25.0 Å². The Morgan fingerprint density at radius 1 is 1.33 bits per heavy atom. The van der Waals surface area contributed by atoms with Gasteiger partial charge >= 0.3 is 12.2 Å². The number of hydrogen-bond acceptors (Lipinski definition) is 2. The molecule has 1 aromatic rings. The maximum atomic E-state index is 12.4.